The number of alkyl halides is 3. The van der Waals surface area contributed by atoms with Crippen molar-refractivity contribution in [1.29, 1.82) is 0 Å². The van der Waals surface area contributed by atoms with Crippen molar-refractivity contribution in [2.75, 3.05) is 24.6 Å². The Bertz CT molecular complexity index is 450. The van der Waals surface area contributed by atoms with Gasteiger partial charge in [0.2, 0.25) is 5.95 Å². The maximum atomic E-state index is 12.6. The second-order valence-corrected chi connectivity index (χ2v) is 4.50. The van der Waals surface area contributed by atoms with Crippen LogP contribution in [0.3, 0.4) is 0 Å². The average molecular weight is 275 g/mol. The van der Waals surface area contributed by atoms with E-state index in [1.165, 1.54) is 4.90 Å². The Labute approximate surface area is 109 Å². The van der Waals surface area contributed by atoms with Crippen LogP contribution in [0.25, 0.3) is 0 Å². The van der Waals surface area contributed by atoms with Gasteiger partial charge in [-0.25, -0.2) is 9.97 Å². The first kappa shape index (κ1) is 14.0. The Kier molecular flexibility index (Phi) is 3.93. The van der Waals surface area contributed by atoms with Crippen molar-refractivity contribution in [3.8, 4) is 0 Å². The molecule has 0 spiro atoms. The number of anilines is 1. The fourth-order valence-corrected chi connectivity index (χ4v) is 2.01. The van der Waals surface area contributed by atoms with Crippen LogP contribution in [0.5, 0.6) is 0 Å². The number of hydrogen-bond donors (Lipinski definition) is 0. The van der Waals surface area contributed by atoms with Crippen LogP contribution >= 0.6 is 0 Å². The number of aryl methyl sites for hydroxylation is 2. The molecule has 1 aromatic heterocycles. The van der Waals surface area contributed by atoms with Crippen LogP contribution in [-0.2, 0) is 11.2 Å². The molecule has 1 saturated heterocycles. The summed E-state index contributed by atoms with van der Waals surface area (Å²) in [7, 11) is 0. The third kappa shape index (κ3) is 3.15. The summed E-state index contributed by atoms with van der Waals surface area (Å²) in [6.45, 7) is 3.99. The van der Waals surface area contributed by atoms with Crippen LogP contribution in [0.15, 0.2) is 6.20 Å². The number of rotatable bonds is 2. The Hall–Kier alpha value is -1.37. The lowest BCUT2D eigenvalue weighted by Crippen LogP contribution is -2.49. The third-order valence-electron chi connectivity index (χ3n) is 3.11. The monoisotopic (exact) mass is 275 g/mol. The highest BCUT2D eigenvalue weighted by atomic mass is 19.4. The molecular formula is C12H16F3N3O. The van der Waals surface area contributed by atoms with Gasteiger partial charge < -0.3 is 9.64 Å². The van der Waals surface area contributed by atoms with Crippen molar-refractivity contribution in [2.45, 2.75) is 32.5 Å². The molecule has 1 aliphatic heterocycles. The third-order valence-corrected chi connectivity index (χ3v) is 3.11. The lowest BCUT2D eigenvalue weighted by atomic mass is 10.2. The zero-order valence-electron chi connectivity index (χ0n) is 10.9. The molecule has 4 nitrogen and oxygen atoms in total. The van der Waals surface area contributed by atoms with Gasteiger partial charge in [-0.2, -0.15) is 13.2 Å². The molecule has 0 saturated carbocycles. The summed E-state index contributed by atoms with van der Waals surface area (Å²) in [6.07, 6.45) is -3.74. The van der Waals surface area contributed by atoms with Gasteiger partial charge in [0.1, 0.15) is 0 Å². The maximum absolute atomic E-state index is 12.6. The molecule has 19 heavy (non-hydrogen) atoms. The van der Waals surface area contributed by atoms with E-state index >= 15 is 0 Å². The van der Waals surface area contributed by atoms with Crippen LogP contribution in [-0.4, -0.2) is 41.9 Å². The quantitative estimate of drug-likeness (QED) is 0.828. The van der Waals surface area contributed by atoms with Gasteiger partial charge in [0.15, 0.2) is 6.10 Å². The summed E-state index contributed by atoms with van der Waals surface area (Å²) in [5.41, 5.74) is 1.81. The lowest BCUT2D eigenvalue weighted by molar-refractivity contribution is -0.221. The first-order valence-electron chi connectivity index (χ1n) is 6.17. The maximum Gasteiger partial charge on any atom is 0.416 e. The van der Waals surface area contributed by atoms with Crippen molar-refractivity contribution >= 4 is 5.95 Å². The van der Waals surface area contributed by atoms with E-state index in [4.69, 9.17) is 4.74 Å². The van der Waals surface area contributed by atoms with Crippen molar-refractivity contribution in [3.05, 3.63) is 17.5 Å². The van der Waals surface area contributed by atoms with Gasteiger partial charge in [0, 0.05) is 18.4 Å². The topological polar surface area (TPSA) is 38.2 Å². The molecule has 1 atom stereocenters. The van der Waals surface area contributed by atoms with Crippen LogP contribution in [0, 0.1) is 6.92 Å². The van der Waals surface area contributed by atoms with Crippen LogP contribution in [0.2, 0.25) is 0 Å². The van der Waals surface area contributed by atoms with Crippen molar-refractivity contribution in [2.24, 2.45) is 0 Å². The summed E-state index contributed by atoms with van der Waals surface area (Å²) >= 11 is 0. The van der Waals surface area contributed by atoms with Crippen molar-refractivity contribution in [3.63, 3.8) is 0 Å². The van der Waals surface area contributed by atoms with E-state index in [9.17, 15) is 13.2 Å². The normalized spacial score (nSPS) is 20.7. The summed E-state index contributed by atoms with van der Waals surface area (Å²) in [6, 6.07) is 0. The van der Waals surface area contributed by atoms with Gasteiger partial charge in [-0.3, -0.25) is 0 Å². The highest BCUT2D eigenvalue weighted by molar-refractivity contribution is 5.33. The lowest BCUT2D eigenvalue weighted by Gasteiger charge is -2.33. The summed E-state index contributed by atoms with van der Waals surface area (Å²) in [5.74, 6) is 0.347. The van der Waals surface area contributed by atoms with Crippen LogP contribution < -0.4 is 4.90 Å². The number of morpholine rings is 1. The van der Waals surface area contributed by atoms with E-state index in [2.05, 4.69) is 9.97 Å². The standard InChI is InChI=1S/C12H16F3N3O/c1-3-9-8(2)6-16-11(17-9)18-4-5-19-10(7-18)12(13,14)15/h6,10H,3-5,7H2,1-2H3/t10-/m0/s1. The highest BCUT2D eigenvalue weighted by Crippen LogP contribution is 2.27. The minimum atomic E-state index is -4.35. The van der Waals surface area contributed by atoms with Gasteiger partial charge in [0.05, 0.1) is 13.2 Å². The van der Waals surface area contributed by atoms with Gasteiger partial charge in [-0.05, 0) is 18.9 Å². The SMILES string of the molecule is CCc1nc(N2CCO[C@H](C(F)(F)F)C2)ncc1C. The minimum absolute atomic E-state index is 0.0306. The van der Waals surface area contributed by atoms with Gasteiger partial charge in [-0.15, -0.1) is 0 Å². The summed E-state index contributed by atoms with van der Waals surface area (Å²) < 4.78 is 42.7. The molecule has 1 aromatic rings. The predicted octanol–water partition coefficient (Wildman–Crippen LogP) is 2.11. The first-order valence-corrected chi connectivity index (χ1v) is 6.17. The number of ether oxygens (including phenoxy) is 1. The largest absolute Gasteiger partial charge is 0.416 e. The Morgan fingerprint density at radius 1 is 1.47 bits per heavy atom. The van der Waals surface area contributed by atoms with E-state index < -0.39 is 12.3 Å². The van der Waals surface area contributed by atoms with E-state index in [1.807, 2.05) is 13.8 Å². The molecule has 7 heteroatoms. The zero-order chi connectivity index (χ0) is 14.0. The number of halogens is 3. The number of nitrogens with zero attached hydrogens (tertiary/aromatic N) is 3. The fourth-order valence-electron chi connectivity index (χ4n) is 2.01. The van der Waals surface area contributed by atoms with Crippen LogP contribution in [0.1, 0.15) is 18.2 Å². The smallest absolute Gasteiger partial charge is 0.365 e. The highest BCUT2D eigenvalue weighted by Gasteiger charge is 2.43. The van der Waals surface area contributed by atoms with Gasteiger partial charge in [0.25, 0.3) is 0 Å². The van der Waals surface area contributed by atoms with Crippen LogP contribution in [0.4, 0.5) is 19.1 Å². The number of hydrogen-bond acceptors (Lipinski definition) is 4. The van der Waals surface area contributed by atoms with E-state index in [0.717, 1.165) is 17.7 Å². The number of aromatic nitrogens is 2. The Morgan fingerprint density at radius 3 is 2.84 bits per heavy atom. The molecule has 1 fully saturated rings. The second kappa shape index (κ2) is 5.32. The summed E-state index contributed by atoms with van der Waals surface area (Å²) in [5, 5.41) is 0. The van der Waals surface area contributed by atoms with Gasteiger partial charge >= 0.3 is 6.18 Å². The molecule has 2 heterocycles. The molecule has 0 amide bonds. The molecule has 0 aromatic carbocycles. The van der Waals surface area contributed by atoms with E-state index in [1.54, 1.807) is 6.20 Å². The molecule has 0 aliphatic carbocycles. The molecule has 2 rings (SSSR count). The molecular weight excluding hydrogens is 259 g/mol. The predicted molar refractivity (Wildman–Crippen MR) is 64.2 cm³/mol. The van der Waals surface area contributed by atoms with E-state index in [-0.39, 0.29) is 13.2 Å². The van der Waals surface area contributed by atoms with E-state index in [0.29, 0.717) is 12.5 Å². The zero-order valence-corrected chi connectivity index (χ0v) is 10.9. The Morgan fingerprint density at radius 2 is 2.21 bits per heavy atom. The molecule has 0 radical (unpaired) electrons. The second-order valence-electron chi connectivity index (χ2n) is 4.50. The summed E-state index contributed by atoms with van der Waals surface area (Å²) in [4.78, 5) is 9.97. The molecule has 106 valence electrons. The first-order chi connectivity index (χ1) is 8.91. The molecule has 1 aliphatic rings. The Balaban J connectivity index is 2.17. The van der Waals surface area contributed by atoms with Crippen molar-refractivity contribution < 1.29 is 17.9 Å². The van der Waals surface area contributed by atoms with Crippen molar-refractivity contribution in [1.82, 2.24) is 9.97 Å². The molecule has 0 bridgehead atoms. The fraction of sp³-hybridized carbons (Fsp3) is 0.667. The minimum Gasteiger partial charge on any atom is -0.365 e. The molecule has 0 N–H and O–H groups in total. The average Bonchev–Trinajstić information content (AvgIpc) is 2.38. The molecule has 0 unspecified atom stereocenters. The van der Waals surface area contributed by atoms with Gasteiger partial charge in [-0.1, -0.05) is 6.92 Å².